The molecule has 1 heterocycles. The zero-order valence-electron chi connectivity index (χ0n) is 15.8. The van der Waals surface area contributed by atoms with Crippen LogP contribution in [0.15, 0.2) is 4.99 Å². The van der Waals surface area contributed by atoms with Crippen LogP contribution in [0.1, 0.15) is 32.6 Å². The number of aliphatic imine (C=N–C) groups is 1. The Bertz CT molecular complexity index is 400. The molecule has 1 fully saturated rings. The van der Waals surface area contributed by atoms with Gasteiger partial charge in [0.05, 0.1) is 6.10 Å². The standard InChI is InChI=1S/C17H35N5O2/c1-5-24-15(8-10-21(3)4)12-20-17(19-2)22-9-6-7-14(13-22)11-16(18)23/h14-15H,5-13H2,1-4H3,(H2,18,23)(H,19,20). The first-order chi connectivity index (χ1) is 11.5. The number of nitrogens with one attached hydrogen (secondary N) is 1. The summed E-state index contributed by atoms with van der Waals surface area (Å²) in [7, 11) is 5.94. The fraction of sp³-hybridized carbons (Fsp3) is 0.882. The van der Waals surface area contributed by atoms with Crippen LogP contribution in [0.3, 0.4) is 0 Å². The maximum atomic E-state index is 11.2. The number of guanidine groups is 1. The number of piperidine rings is 1. The normalized spacial score (nSPS) is 20.3. The highest BCUT2D eigenvalue weighted by Gasteiger charge is 2.24. The lowest BCUT2D eigenvalue weighted by molar-refractivity contribution is -0.119. The molecular formula is C17H35N5O2. The lowest BCUT2D eigenvalue weighted by atomic mass is 9.95. The van der Waals surface area contributed by atoms with E-state index in [4.69, 9.17) is 10.5 Å². The summed E-state index contributed by atoms with van der Waals surface area (Å²) >= 11 is 0. The maximum absolute atomic E-state index is 11.2. The zero-order chi connectivity index (χ0) is 17.9. The summed E-state index contributed by atoms with van der Waals surface area (Å²) in [6.07, 6.45) is 3.72. The van der Waals surface area contributed by atoms with Gasteiger partial charge in [-0.05, 0) is 46.2 Å². The van der Waals surface area contributed by atoms with E-state index in [1.807, 2.05) is 6.92 Å². The van der Waals surface area contributed by atoms with E-state index >= 15 is 0 Å². The molecule has 0 aliphatic carbocycles. The number of nitrogens with zero attached hydrogens (tertiary/aromatic N) is 3. The first kappa shape index (κ1) is 20.7. The number of hydrogen-bond acceptors (Lipinski definition) is 4. The van der Waals surface area contributed by atoms with Crippen molar-refractivity contribution in [3.05, 3.63) is 0 Å². The van der Waals surface area contributed by atoms with Crippen molar-refractivity contribution in [3.8, 4) is 0 Å². The van der Waals surface area contributed by atoms with Gasteiger partial charge < -0.3 is 25.6 Å². The quantitative estimate of drug-likeness (QED) is 0.471. The molecule has 2 atom stereocenters. The van der Waals surface area contributed by atoms with E-state index in [1.165, 1.54) is 0 Å². The van der Waals surface area contributed by atoms with Crippen molar-refractivity contribution in [2.45, 2.75) is 38.7 Å². The van der Waals surface area contributed by atoms with Gasteiger partial charge >= 0.3 is 0 Å². The number of amides is 1. The third-order valence-corrected chi connectivity index (χ3v) is 4.31. The van der Waals surface area contributed by atoms with E-state index in [0.29, 0.717) is 18.9 Å². The van der Waals surface area contributed by atoms with E-state index in [1.54, 1.807) is 7.05 Å². The average Bonchev–Trinajstić information content (AvgIpc) is 2.52. The van der Waals surface area contributed by atoms with Crippen LogP contribution < -0.4 is 11.1 Å². The van der Waals surface area contributed by atoms with Crippen LogP contribution in [0.4, 0.5) is 0 Å². The molecule has 0 saturated carbocycles. The molecular weight excluding hydrogens is 306 g/mol. The van der Waals surface area contributed by atoms with Crippen molar-refractivity contribution in [1.82, 2.24) is 15.1 Å². The Hall–Kier alpha value is -1.34. The molecule has 0 bridgehead atoms. The predicted molar refractivity (Wildman–Crippen MR) is 98.1 cm³/mol. The Morgan fingerprint density at radius 2 is 2.25 bits per heavy atom. The lowest BCUT2D eigenvalue weighted by Gasteiger charge is -2.35. The average molecular weight is 342 g/mol. The minimum Gasteiger partial charge on any atom is -0.377 e. The van der Waals surface area contributed by atoms with Gasteiger partial charge in [0.15, 0.2) is 5.96 Å². The number of rotatable bonds is 9. The molecule has 7 heteroatoms. The van der Waals surface area contributed by atoms with Crippen molar-refractivity contribution >= 4 is 11.9 Å². The zero-order valence-corrected chi connectivity index (χ0v) is 15.8. The number of nitrogens with two attached hydrogens (primary N) is 1. The number of hydrogen-bond donors (Lipinski definition) is 2. The maximum Gasteiger partial charge on any atom is 0.217 e. The first-order valence-electron chi connectivity index (χ1n) is 8.96. The molecule has 24 heavy (non-hydrogen) atoms. The molecule has 1 aliphatic heterocycles. The van der Waals surface area contributed by atoms with E-state index in [0.717, 1.165) is 51.4 Å². The second-order valence-electron chi connectivity index (χ2n) is 6.72. The van der Waals surface area contributed by atoms with E-state index in [2.05, 4.69) is 34.2 Å². The van der Waals surface area contributed by atoms with Crippen LogP contribution in [0, 0.1) is 5.92 Å². The van der Waals surface area contributed by atoms with Crippen molar-refractivity contribution in [2.75, 3.05) is 53.9 Å². The van der Waals surface area contributed by atoms with Gasteiger partial charge in [-0.1, -0.05) is 0 Å². The van der Waals surface area contributed by atoms with Crippen LogP contribution >= 0.6 is 0 Å². The second kappa shape index (κ2) is 11.3. The minimum absolute atomic E-state index is 0.167. The summed E-state index contributed by atoms with van der Waals surface area (Å²) in [5.41, 5.74) is 5.34. The predicted octanol–water partition coefficient (Wildman–Crippen LogP) is 0.506. The smallest absolute Gasteiger partial charge is 0.217 e. The number of likely N-dealkylation sites (tertiary alicyclic amines) is 1. The third kappa shape index (κ3) is 7.97. The summed E-state index contributed by atoms with van der Waals surface area (Å²) in [5, 5.41) is 3.44. The van der Waals surface area contributed by atoms with E-state index < -0.39 is 0 Å². The van der Waals surface area contributed by atoms with Crippen LogP contribution in [-0.4, -0.2) is 81.7 Å². The Balaban J connectivity index is 2.51. The van der Waals surface area contributed by atoms with E-state index in [-0.39, 0.29) is 12.0 Å². The molecule has 0 aromatic carbocycles. The molecule has 0 aromatic rings. The highest BCUT2D eigenvalue weighted by Crippen LogP contribution is 2.19. The van der Waals surface area contributed by atoms with Crippen LogP contribution in [-0.2, 0) is 9.53 Å². The molecule has 1 rings (SSSR count). The molecule has 2 unspecified atom stereocenters. The second-order valence-corrected chi connectivity index (χ2v) is 6.72. The van der Waals surface area contributed by atoms with Gasteiger partial charge in [-0.2, -0.15) is 0 Å². The largest absolute Gasteiger partial charge is 0.377 e. The van der Waals surface area contributed by atoms with Crippen molar-refractivity contribution in [1.29, 1.82) is 0 Å². The van der Waals surface area contributed by atoms with Gasteiger partial charge in [0.25, 0.3) is 0 Å². The summed E-state index contributed by atoms with van der Waals surface area (Å²) in [6.45, 7) is 6.27. The molecule has 3 N–H and O–H groups in total. The number of carbonyl (C=O) groups is 1. The van der Waals surface area contributed by atoms with Gasteiger partial charge in [-0.25, -0.2) is 0 Å². The lowest BCUT2D eigenvalue weighted by Crippen LogP contribution is -2.49. The summed E-state index contributed by atoms with van der Waals surface area (Å²) in [6, 6.07) is 0. The summed E-state index contributed by atoms with van der Waals surface area (Å²) in [5.74, 6) is 0.995. The Morgan fingerprint density at radius 3 is 2.83 bits per heavy atom. The molecule has 0 aromatic heterocycles. The third-order valence-electron chi connectivity index (χ3n) is 4.31. The highest BCUT2D eigenvalue weighted by molar-refractivity contribution is 5.80. The van der Waals surface area contributed by atoms with Crippen LogP contribution in [0.25, 0.3) is 0 Å². The Morgan fingerprint density at radius 1 is 1.50 bits per heavy atom. The topological polar surface area (TPSA) is 83.2 Å². The van der Waals surface area contributed by atoms with Crippen LogP contribution in [0.2, 0.25) is 0 Å². The van der Waals surface area contributed by atoms with Gasteiger partial charge in [0.2, 0.25) is 5.91 Å². The SMILES string of the molecule is CCOC(CCN(C)C)CNC(=NC)N1CCCC(CC(N)=O)C1. The fourth-order valence-electron chi connectivity index (χ4n) is 3.13. The Kier molecular flexibility index (Phi) is 9.71. The van der Waals surface area contributed by atoms with Crippen molar-refractivity contribution in [3.63, 3.8) is 0 Å². The van der Waals surface area contributed by atoms with Gasteiger partial charge in [-0.15, -0.1) is 0 Å². The van der Waals surface area contributed by atoms with Gasteiger partial charge in [-0.3, -0.25) is 9.79 Å². The van der Waals surface area contributed by atoms with Crippen molar-refractivity contribution < 1.29 is 9.53 Å². The molecule has 1 saturated heterocycles. The van der Waals surface area contributed by atoms with E-state index in [9.17, 15) is 4.79 Å². The molecule has 7 nitrogen and oxygen atoms in total. The summed E-state index contributed by atoms with van der Waals surface area (Å²) in [4.78, 5) is 20.0. The molecule has 140 valence electrons. The number of carbonyl (C=O) groups excluding carboxylic acids is 1. The number of ether oxygens (including phenoxy) is 1. The molecule has 0 spiro atoms. The summed E-state index contributed by atoms with van der Waals surface area (Å²) < 4.78 is 5.82. The van der Waals surface area contributed by atoms with Crippen molar-refractivity contribution in [2.24, 2.45) is 16.6 Å². The molecule has 0 radical (unpaired) electrons. The van der Waals surface area contributed by atoms with Crippen LogP contribution in [0.5, 0.6) is 0 Å². The van der Waals surface area contributed by atoms with Gasteiger partial charge in [0, 0.05) is 46.3 Å². The number of primary amides is 1. The Labute approximate surface area is 146 Å². The highest BCUT2D eigenvalue weighted by atomic mass is 16.5. The van der Waals surface area contributed by atoms with Gasteiger partial charge in [0.1, 0.15) is 0 Å². The molecule has 1 aliphatic rings. The minimum atomic E-state index is -0.218. The first-order valence-corrected chi connectivity index (χ1v) is 8.96. The molecule has 1 amide bonds. The monoisotopic (exact) mass is 341 g/mol. The fourth-order valence-corrected chi connectivity index (χ4v) is 3.13.